The Kier molecular flexibility index (Phi) is 1.83. The normalized spacial score (nSPS) is 9.56. The van der Waals surface area contributed by atoms with E-state index >= 15 is 0 Å². The van der Waals surface area contributed by atoms with Crippen LogP contribution in [-0.4, -0.2) is 0 Å². The molecule has 1 heteroatoms. The molecule has 0 aliphatic carbocycles. The molecule has 0 aliphatic rings. The number of pyridine rings is 1. The van der Waals surface area contributed by atoms with Gasteiger partial charge in [-0.15, -0.1) is 0 Å². The van der Waals surface area contributed by atoms with Crippen molar-refractivity contribution in [3.63, 3.8) is 0 Å². The maximum atomic E-state index is 3.78. The summed E-state index contributed by atoms with van der Waals surface area (Å²) in [5, 5.41) is 0. The van der Waals surface area contributed by atoms with Crippen LogP contribution >= 0.6 is 0 Å². The second-order valence-corrected chi connectivity index (χ2v) is 2.13. The van der Waals surface area contributed by atoms with Crippen LogP contribution in [-0.2, 0) is 13.5 Å². The van der Waals surface area contributed by atoms with Gasteiger partial charge in [0.25, 0.3) is 0 Å². The van der Waals surface area contributed by atoms with Crippen LogP contribution in [0.5, 0.6) is 0 Å². The van der Waals surface area contributed by atoms with Gasteiger partial charge in [0.05, 0.1) is 0 Å². The molecule has 0 fully saturated rings. The molecule has 0 saturated heterocycles. The largest absolute Gasteiger partial charge is 0.208 e. The van der Waals surface area contributed by atoms with Crippen LogP contribution in [0.3, 0.4) is 0 Å². The second kappa shape index (κ2) is 2.62. The molecule has 1 nitrogen and oxygen atoms in total. The van der Waals surface area contributed by atoms with Gasteiger partial charge in [-0.25, -0.2) is 4.57 Å². The molecule has 1 aromatic heterocycles. The van der Waals surface area contributed by atoms with Crippen molar-refractivity contribution in [3.05, 3.63) is 37.0 Å². The maximum absolute atomic E-state index is 3.78. The Morgan fingerprint density at radius 3 is 2.89 bits per heavy atom. The van der Waals surface area contributed by atoms with Crippen LogP contribution in [0.2, 0.25) is 0 Å². The number of nitrogens with zero attached hydrogens (tertiary/aromatic N) is 1. The Labute approximate surface area is 56.0 Å². The summed E-state index contributed by atoms with van der Waals surface area (Å²) in [7, 11) is 2.01. The molecule has 0 N–H and O–H groups in total. The van der Waals surface area contributed by atoms with E-state index in [1.807, 2.05) is 23.9 Å². The average molecular weight is 121 g/mol. The highest BCUT2D eigenvalue weighted by molar-refractivity contribution is 5.05. The van der Waals surface area contributed by atoms with E-state index in [2.05, 4.69) is 19.2 Å². The molecule has 0 bridgehead atoms. The fourth-order valence-corrected chi connectivity index (χ4v) is 0.798. The van der Waals surface area contributed by atoms with Gasteiger partial charge in [-0.05, 0) is 19.4 Å². The van der Waals surface area contributed by atoms with Crippen LogP contribution in [0.15, 0.2) is 24.5 Å². The van der Waals surface area contributed by atoms with Crippen molar-refractivity contribution in [2.24, 2.45) is 7.05 Å². The first-order valence-corrected chi connectivity index (χ1v) is 3.06. The number of hydrogen-bond acceptors (Lipinski definition) is 0. The highest BCUT2D eigenvalue weighted by Crippen LogP contribution is 1.92. The van der Waals surface area contributed by atoms with E-state index in [0.717, 1.165) is 6.42 Å². The summed E-state index contributed by atoms with van der Waals surface area (Å²) in [6.45, 7) is 3.78. The fraction of sp³-hybridized carbons (Fsp3) is 0.250. The summed E-state index contributed by atoms with van der Waals surface area (Å²) >= 11 is 0. The summed E-state index contributed by atoms with van der Waals surface area (Å²) in [5.74, 6) is 0. The number of aryl methyl sites for hydroxylation is 1. The lowest BCUT2D eigenvalue weighted by Gasteiger charge is -1.90. The van der Waals surface area contributed by atoms with Gasteiger partial charge in [-0.1, -0.05) is 0 Å². The van der Waals surface area contributed by atoms with E-state index in [1.165, 1.54) is 5.56 Å². The van der Waals surface area contributed by atoms with Crippen molar-refractivity contribution in [1.29, 1.82) is 0 Å². The van der Waals surface area contributed by atoms with E-state index in [-0.39, 0.29) is 0 Å². The molecule has 0 amide bonds. The molecule has 1 heterocycles. The van der Waals surface area contributed by atoms with E-state index in [9.17, 15) is 0 Å². The van der Waals surface area contributed by atoms with Crippen LogP contribution in [0.4, 0.5) is 0 Å². The predicted molar refractivity (Wildman–Crippen MR) is 36.7 cm³/mol. The fourth-order valence-electron chi connectivity index (χ4n) is 0.798. The lowest BCUT2D eigenvalue weighted by Crippen LogP contribution is -2.26. The molecular weight excluding hydrogens is 110 g/mol. The lowest BCUT2D eigenvalue weighted by molar-refractivity contribution is -0.671. The topological polar surface area (TPSA) is 3.88 Å². The highest BCUT2D eigenvalue weighted by atomic mass is 14.9. The summed E-state index contributed by atoms with van der Waals surface area (Å²) in [4.78, 5) is 0. The molecule has 1 aromatic rings. The van der Waals surface area contributed by atoms with E-state index in [1.54, 1.807) is 0 Å². The lowest BCUT2D eigenvalue weighted by atomic mass is 10.2. The number of aromatic nitrogens is 1. The van der Waals surface area contributed by atoms with E-state index < -0.39 is 0 Å². The molecule has 0 aliphatic heterocycles. The second-order valence-electron chi connectivity index (χ2n) is 2.13. The minimum atomic E-state index is 0.870. The van der Waals surface area contributed by atoms with Gasteiger partial charge < -0.3 is 0 Å². The first kappa shape index (κ1) is 6.27. The molecule has 47 valence electrons. The monoisotopic (exact) mass is 121 g/mol. The third kappa shape index (κ3) is 1.53. The molecule has 1 radical (unpaired) electrons. The van der Waals surface area contributed by atoms with E-state index in [4.69, 9.17) is 0 Å². The van der Waals surface area contributed by atoms with Gasteiger partial charge in [0.2, 0.25) is 0 Å². The smallest absolute Gasteiger partial charge is 0.171 e. The summed E-state index contributed by atoms with van der Waals surface area (Å²) in [6.07, 6.45) is 4.96. The van der Waals surface area contributed by atoms with Crippen molar-refractivity contribution in [3.8, 4) is 0 Å². The summed E-state index contributed by atoms with van der Waals surface area (Å²) in [5.41, 5.74) is 1.28. The van der Waals surface area contributed by atoms with Gasteiger partial charge in [-0.3, -0.25) is 0 Å². The highest BCUT2D eigenvalue weighted by Gasteiger charge is 1.91. The Balaban J connectivity index is 2.94. The third-order valence-corrected chi connectivity index (χ3v) is 1.29. The molecule has 0 saturated carbocycles. The molecule has 1 rings (SSSR count). The van der Waals surface area contributed by atoms with Gasteiger partial charge in [0.1, 0.15) is 7.05 Å². The Morgan fingerprint density at radius 1 is 1.67 bits per heavy atom. The Bertz CT molecular complexity index is 194. The van der Waals surface area contributed by atoms with Crippen molar-refractivity contribution in [1.82, 2.24) is 0 Å². The first-order valence-electron chi connectivity index (χ1n) is 3.06. The Hall–Kier alpha value is -0.850. The maximum Gasteiger partial charge on any atom is 0.171 e. The van der Waals surface area contributed by atoms with Crippen LogP contribution in [0.1, 0.15) is 5.56 Å². The molecule has 0 atom stereocenters. The Morgan fingerprint density at radius 2 is 2.44 bits per heavy atom. The minimum absolute atomic E-state index is 0.870. The van der Waals surface area contributed by atoms with Crippen LogP contribution in [0, 0.1) is 6.92 Å². The SMILES string of the molecule is [CH2]Cc1ccc[n+](C)c1. The standard InChI is InChI=1S/C8H11N/c1-3-8-5-4-6-9(2)7-8/h4-7H,1,3H2,2H3/q+1. The number of rotatable bonds is 1. The quantitative estimate of drug-likeness (QED) is 0.486. The zero-order chi connectivity index (χ0) is 6.69. The van der Waals surface area contributed by atoms with Gasteiger partial charge in [-0.2, -0.15) is 0 Å². The predicted octanol–water partition coefficient (Wildman–Crippen LogP) is 0.888. The van der Waals surface area contributed by atoms with Crippen molar-refractivity contribution < 1.29 is 4.57 Å². The first-order chi connectivity index (χ1) is 4.33. The molecule has 0 spiro atoms. The van der Waals surface area contributed by atoms with Crippen molar-refractivity contribution >= 4 is 0 Å². The van der Waals surface area contributed by atoms with Crippen LogP contribution < -0.4 is 4.57 Å². The molecular formula is C8H11N+. The van der Waals surface area contributed by atoms with E-state index in [0.29, 0.717) is 0 Å². The zero-order valence-corrected chi connectivity index (χ0v) is 5.67. The van der Waals surface area contributed by atoms with Crippen molar-refractivity contribution in [2.75, 3.05) is 0 Å². The third-order valence-electron chi connectivity index (χ3n) is 1.29. The minimum Gasteiger partial charge on any atom is -0.208 e. The number of hydrogen-bond donors (Lipinski definition) is 0. The molecule has 0 unspecified atom stereocenters. The van der Waals surface area contributed by atoms with Gasteiger partial charge >= 0.3 is 0 Å². The summed E-state index contributed by atoms with van der Waals surface area (Å²) < 4.78 is 2.03. The average Bonchev–Trinajstić information content (AvgIpc) is 1.88. The molecule has 0 aromatic carbocycles. The zero-order valence-electron chi connectivity index (χ0n) is 5.67. The van der Waals surface area contributed by atoms with Crippen molar-refractivity contribution in [2.45, 2.75) is 6.42 Å². The van der Waals surface area contributed by atoms with Crippen LogP contribution in [0.25, 0.3) is 0 Å². The molecule has 9 heavy (non-hydrogen) atoms. The van der Waals surface area contributed by atoms with Gasteiger partial charge in [0, 0.05) is 11.6 Å². The summed E-state index contributed by atoms with van der Waals surface area (Å²) in [6, 6.07) is 4.10. The van der Waals surface area contributed by atoms with Gasteiger partial charge in [0.15, 0.2) is 12.4 Å².